The first kappa shape index (κ1) is 24.8. The molecule has 2 aliphatic rings. The molecule has 186 valence electrons. The molecule has 0 aromatic heterocycles. The number of hydrogen-bond acceptors (Lipinski definition) is 3. The largest absolute Gasteiger partial charge is 0.369 e. The van der Waals surface area contributed by atoms with Crippen molar-refractivity contribution in [3.8, 4) is 0 Å². The number of anilines is 1. The highest BCUT2D eigenvalue weighted by Gasteiger charge is 2.34. The zero-order valence-electron chi connectivity index (χ0n) is 20.6. The Morgan fingerprint density at radius 2 is 1.33 bits per heavy atom. The molecule has 3 aromatic carbocycles. The standard InChI is InChI=1S/C31H33BrN2O2/c32-25-15-19-27(20-16-25)33(26-17-13-24(14-18-26)23-9-3-1-4-10-23)21-7-2-8-22-34-30(35)28-11-5-6-12-29(28)31(34)36/h1,3-6,9-12,15-16,19-20,24,26H,2,7-8,13-14,17-18,21-22H2. The molecule has 2 amide bonds. The predicted molar refractivity (Wildman–Crippen MR) is 149 cm³/mol. The van der Waals surface area contributed by atoms with Crippen LogP contribution < -0.4 is 4.90 Å². The van der Waals surface area contributed by atoms with Gasteiger partial charge in [-0.3, -0.25) is 14.5 Å². The first-order valence-electron chi connectivity index (χ1n) is 13.1. The molecular formula is C31H33BrN2O2. The molecule has 1 aliphatic heterocycles. The number of halogens is 1. The summed E-state index contributed by atoms with van der Waals surface area (Å²) >= 11 is 3.57. The van der Waals surface area contributed by atoms with Crippen molar-refractivity contribution in [2.24, 2.45) is 0 Å². The molecule has 0 atom stereocenters. The molecule has 1 saturated carbocycles. The Morgan fingerprint density at radius 1 is 0.722 bits per heavy atom. The van der Waals surface area contributed by atoms with Gasteiger partial charge in [0.25, 0.3) is 11.8 Å². The van der Waals surface area contributed by atoms with E-state index >= 15 is 0 Å². The number of amides is 2. The molecule has 0 N–H and O–H groups in total. The second-order valence-corrected chi connectivity index (χ2v) is 10.9. The van der Waals surface area contributed by atoms with Crippen LogP contribution in [0.4, 0.5) is 5.69 Å². The molecule has 3 aromatic rings. The SMILES string of the molecule is O=C1c2ccccc2C(=O)N1CCCCCN(c1ccc(Br)cc1)C1CCC(c2ccccc2)CC1. The maximum atomic E-state index is 12.6. The van der Waals surface area contributed by atoms with Crippen LogP contribution in [0.3, 0.4) is 0 Å². The van der Waals surface area contributed by atoms with E-state index in [1.807, 2.05) is 12.1 Å². The Hall–Kier alpha value is -2.92. The lowest BCUT2D eigenvalue weighted by Gasteiger charge is -2.39. The fourth-order valence-corrected chi connectivity index (χ4v) is 6.04. The summed E-state index contributed by atoms with van der Waals surface area (Å²) in [5.41, 5.74) is 3.83. The van der Waals surface area contributed by atoms with Gasteiger partial charge in [-0.05, 0) is 92.8 Å². The van der Waals surface area contributed by atoms with E-state index in [0.29, 0.717) is 29.6 Å². The van der Waals surface area contributed by atoms with Crippen LogP contribution >= 0.6 is 15.9 Å². The fourth-order valence-electron chi connectivity index (χ4n) is 5.77. The third kappa shape index (κ3) is 5.41. The summed E-state index contributed by atoms with van der Waals surface area (Å²) < 4.78 is 1.10. The van der Waals surface area contributed by atoms with Crippen molar-refractivity contribution >= 4 is 33.4 Å². The van der Waals surface area contributed by atoms with Gasteiger partial charge in [0.05, 0.1) is 11.1 Å². The summed E-state index contributed by atoms with van der Waals surface area (Å²) in [7, 11) is 0. The molecule has 0 unspecified atom stereocenters. The smallest absolute Gasteiger partial charge is 0.261 e. The van der Waals surface area contributed by atoms with E-state index in [1.54, 1.807) is 12.1 Å². The highest BCUT2D eigenvalue weighted by atomic mass is 79.9. The van der Waals surface area contributed by atoms with Crippen molar-refractivity contribution in [3.05, 3.63) is 100 Å². The zero-order chi connectivity index (χ0) is 24.9. The van der Waals surface area contributed by atoms with E-state index in [9.17, 15) is 9.59 Å². The Bertz CT molecular complexity index is 1150. The summed E-state index contributed by atoms with van der Waals surface area (Å²) in [6, 6.07) is 27.3. The molecule has 5 heteroatoms. The van der Waals surface area contributed by atoms with Gasteiger partial charge in [-0.25, -0.2) is 0 Å². The maximum Gasteiger partial charge on any atom is 0.261 e. The van der Waals surface area contributed by atoms with Gasteiger partial charge >= 0.3 is 0 Å². The van der Waals surface area contributed by atoms with E-state index in [2.05, 4.69) is 75.4 Å². The number of imide groups is 1. The van der Waals surface area contributed by atoms with Crippen molar-refractivity contribution in [2.45, 2.75) is 56.9 Å². The second kappa shape index (κ2) is 11.4. The van der Waals surface area contributed by atoms with Crippen LogP contribution in [0.1, 0.15) is 77.1 Å². The minimum absolute atomic E-state index is 0.151. The van der Waals surface area contributed by atoms with Gasteiger partial charge in [0.15, 0.2) is 0 Å². The molecule has 0 radical (unpaired) electrons. The molecule has 5 rings (SSSR count). The molecular weight excluding hydrogens is 512 g/mol. The van der Waals surface area contributed by atoms with Gasteiger partial charge in [0, 0.05) is 29.3 Å². The van der Waals surface area contributed by atoms with Crippen LogP contribution in [0.15, 0.2) is 83.3 Å². The average Bonchev–Trinajstić information content (AvgIpc) is 3.17. The molecule has 1 fully saturated rings. The Kier molecular flexibility index (Phi) is 7.86. The van der Waals surface area contributed by atoms with Gasteiger partial charge in [-0.2, -0.15) is 0 Å². The minimum Gasteiger partial charge on any atom is -0.369 e. The van der Waals surface area contributed by atoms with Crippen molar-refractivity contribution in [2.75, 3.05) is 18.0 Å². The molecule has 0 bridgehead atoms. The van der Waals surface area contributed by atoms with E-state index < -0.39 is 0 Å². The van der Waals surface area contributed by atoms with Gasteiger partial charge in [-0.15, -0.1) is 0 Å². The van der Waals surface area contributed by atoms with Gasteiger partial charge in [0.2, 0.25) is 0 Å². The van der Waals surface area contributed by atoms with Crippen molar-refractivity contribution in [1.82, 2.24) is 4.90 Å². The van der Waals surface area contributed by atoms with E-state index in [1.165, 1.54) is 41.8 Å². The number of nitrogens with zero attached hydrogens (tertiary/aromatic N) is 2. The van der Waals surface area contributed by atoms with E-state index in [-0.39, 0.29) is 11.8 Å². The first-order chi connectivity index (χ1) is 17.6. The lowest BCUT2D eigenvalue weighted by molar-refractivity contribution is 0.0651. The minimum atomic E-state index is -0.151. The van der Waals surface area contributed by atoms with Crippen molar-refractivity contribution in [3.63, 3.8) is 0 Å². The number of hydrogen-bond donors (Lipinski definition) is 0. The molecule has 0 saturated heterocycles. The third-order valence-electron chi connectivity index (χ3n) is 7.73. The average molecular weight is 546 g/mol. The van der Waals surface area contributed by atoms with Crippen molar-refractivity contribution < 1.29 is 9.59 Å². The number of rotatable bonds is 9. The zero-order valence-corrected chi connectivity index (χ0v) is 22.2. The summed E-state index contributed by atoms with van der Waals surface area (Å²) in [4.78, 5) is 29.3. The number of fused-ring (bicyclic) bond motifs is 1. The number of carbonyl (C=O) groups excluding carboxylic acids is 2. The molecule has 4 nitrogen and oxygen atoms in total. The first-order valence-corrected chi connectivity index (χ1v) is 13.9. The number of carbonyl (C=O) groups is 2. The summed E-state index contributed by atoms with van der Waals surface area (Å²) in [5.74, 6) is 0.360. The highest BCUT2D eigenvalue weighted by Crippen LogP contribution is 2.36. The monoisotopic (exact) mass is 544 g/mol. The van der Waals surface area contributed by atoms with Crippen LogP contribution in [-0.4, -0.2) is 35.8 Å². The number of unbranched alkanes of at least 4 members (excludes halogenated alkanes) is 2. The van der Waals surface area contributed by atoms with Crippen LogP contribution in [0, 0.1) is 0 Å². The Labute approximate surface area is 222 Å². The molecule has 0 spiro atoms. The maximum absolute atomic E-state index is 12.6. The summed E-state index contributed by atoms with van der Waals surface area (Å²) in [6.45, 7) is 1.48. The Morgan fingerprint density at radius 3 is 1.97 bits per heavy atom. The topological polar surface area (TPSA) is 40.6 Å². The highest BCUT2D eigenvalue weighted by molar-refractivity contribution is 9.10. The third-order valence-corrected chi connectivity index (χ3v) is 8.25. The Balaban J connectivity index is 1.16. The van der Waals surface area contributed by atoms with E-state index in [0.717, 1.165) is 30.3 Å². The summed E-state index contributed by atoms with van der Waals surface area (Å²) in [5, 5.41) is 0. The second-order valence-electron chi connectivity index (χ2n) is 9.95. The van der Waals surface area contributed by atoms with Gasteiger partial charge in [-0.1, -0.05) is 58.4 Å². The predicted octanol–water partition coefficient (Wildman–Crippen LogP) is 7.45. The molecule has 1 heterocycles. The van der Waals surface area contributed by atoms with Gasteiger partial charge in [0.1, 0.15) is 0 Å². The van der Waals surface area contributed by atoms with Crippen LogP contribution in [0.25, 0.3) is 0 Å². The van der Waals surface area contributed by atoms with Gasteiger partial charge < -0.3 is 4.90 Å². The normalized spacial score (nSPS) is 19.4. The van der Waals surface area contributed by atoms with Crippen molar-refractivity contribution in [1.29, 1.82) is 0 Å². The fraction of sp³-hybridized carbons (Fsp3) is 0.355. The van der Waals surface area contributed by atoms with Crippen LogP contribution in [0.5, 0.6) is 0 Å². The molecule has 36 heavy (non-hydrogen) atoms. The van der Waals surface area contributed by atoms with E-state index in [4.69, 9.17) is 0 Å². The summed E-state index contributed by atoms with van der Waals surface area (Å²) in [6.07, 6.45) is 7.70. The quantitative estimate of drug-likeness (QED) is 0.207. The van der Waals surface area contributed by atoms with Crippen LogP contribution in [0.2, 0.25) is 0 Å². The lowest BCUT2D eigenvalue weighted by Crippen LogP contribution is -2.38. The van der Waals surface area contributed by atoms with Crippen LogP contribution in [-0.2, 0) is 0 Å². The number of benzene rings is 3. The molecule has 1 aliphatic carbocycles. The lowest BCUT2D eigenvalue weighted by atomic mass is 9.81.